The van der Waals surface area contributed by atoms with Gasteiger partial charge in [0, 0.05) is 35.7 Å². The van der Waals surface area contributed by atoms with Gasteiger partial charge in [-0.3, -0.25) is 14.5 Å². The van der Waals surface area contributed by atoms with Gasteiger partial charge in [-0.25, -0.2) is 0 Å². The van der Waals surface area contributed by atoms with Crippen LogP contribution in [0, 0.1) is 20.8 Å². The van der Waals surface area contributed by atoms with E-state index in [2.05, 4.69) is 69.3 Å². The molecule has 0 N–H and O–H groups in total. The van der Waals surface area contributed by atoms with Gasteiger partial charge in [0.05, 0.1) is 0 Å². The van der Waals surface area contributed by atoms with E-state index in [1.54, 1.807) is 0 Å². The molecule has 0 aromatic heterocycles. The van der Waals surface area contributed by atoms with E-state index >= 15 is 0 Å². The molecule has 3 heteroatoms. The number of aryl methyl sites for hydroxylation is 3. The summed E-state index contributed by atoms with van der Waals surface area (Å²) in [4.78, 5) is 29.1. The summed E-state index contributed by atoms with van der Waals surface area (Å²) in [6.07, 6.45) is 1.49. The monoisotopic (exact) mass is 435 g/mol. The molecule has 0 saturated carbocycles. The summed E-state index contributed by atoms with van der Waals surface area (Å²) in [5, 5.41) is 0. The Kier molecular flexibility index (Phi) is 5.49. The number of allylic oxidation sites excluding steroid dienone is 2. The maximum Gasteiger partial charge on any atom is 0.232 e. The molecule has 5 rings (SSSR count). The second-order valence-electron chi connectivity index (χ2n) is 9.46. The van der Waals surface area contributed by atoms with E-state index in [1.807, 2.05) is 29.2 Å². The van der Waals surface area contributed by atoms with Gasteiger partial charge in [-0.1, -0.05) is 66.2 Å². The van der Waals surface area contributed by atoms with Crippen LogP contribution in [-0.4, -0.2) is 11.7 Å². The maximum absolute atomic E-state index is 13.7. The predicted octanol–water partition coefficient (Wildman–Crippen LogP) is 6.53. The van der Waals surface area contributed by atoms with Gasteiger partial charge >= 0.3 is 0 Å². The highest BCUT2D eigenvalue weighted by Gasteiger charge is 2.42. The fourth-order valence-electron chi connectivity index (χ4n) is 5.24. The fourth-order valence-corrected chi connectivity index (χ4v) is 5.24. The number of hydrogen-bond acceptors (Lipinski definition) is 2. The molecule has 33 heavy (non-hydrogen) atoms. The lowest BCUT2D eigenvalue weighted by Gasteiger charge is -2.40. The maximum atomic E-state index is 13.7. The van der Waals surface area contributed by atoms with E-state index in [1.165, 1.54) is 11.1 Å². The summed E-state index contributed by atoms with van der Waals surface area (Å²) < 4.78 is 0. The zero-order valence-electron chi connectivity index (χ0n) is 19.5. The molecule has 1 aliphatic heterocycles. The standard InChI is InChI=1S/C30H29NO2/c1-19-9-12-23(13-10-19)26-18-29(33)31(25-14-11-20(2)21(3)15-25)27-16-24(17-28(32)30(26)27)22-7-5-4-6-8-22/h4-15,24,26H,16-18H2,1-3H3. The van der Waals surface area contributed by atoms with Crippen LogP contribution in [0.4, 0.5) is 5.69 Å². The van der Waals surface area contributed by atoms with Crippen LogP contribution in [0.1, 0.15) is 58.9 Å². The first-order valence-electron chi connectivity index (χ1n) is 11.7. The van der Waals surface area contributed by atoms with Crippen molar-refractivity contribution in [1.82, 2.24) is 0 Å². The van der Waals surface area contributed by atoms with E-state index in [0.717, 1.165) is 33.6 Å². The average Bonchev–Trinajstić information content (AvgIpc) is 2.81. The smallest absolute Gasteiger partial charge is 0.232 e. The number of nitrogens with zero attached hydrogens (tertiary/aromatic N) is 1. The Balaban J connectivity index is 1.66. The van der Waals surface area contributed by atoms with Crippen molar-refractivity contribution in [3.05, 3.63) is 112 Å². The number of amides is 1. The van der Waals surface area contributed by atoms with Crippen LogP contribution < -0.4 is 4.90 Å². The molecule has 2 aliphatic rings. The van der Waals surface area contributed by atoms with Crippen molar-refractivity contribution in [2.45, 2.75) is 51.9 Å². The van der Waals surface area contributed by atoms with Gasteiger partial charge in [0.2, 0.25) is 5.91 Å². The molecule has 1 amide bonds. The molecule has 2 atom stereocenters. The quantitative estimate of drug-likeness (QED) is 0.469. The van der Waals surface area contributed by atoms with E-state index in [-0.39, 0.29) is 23.5 Å². The first-order chi connectivity index (χ1) is 15.9. The highest BCUT2D eigenvalue weighted by atomic mass is 16.2. The van der Waals surface area contributed by atoms with Gasteiger partial charge in [0.15, 0.2) is 5.78 Å². The molecule has 166 valence electrons. The number of ketones is 1. The molecular weight excluding hydrogens is 406 g/mol. The molecule has 0 spiro atoms. The van der Waals surface area contributed by atoms with E-state index in [9.17, 15) is 9.59 Å². The Hall–Kier alpha value is -3.46. The molecule has 3 aromatic carbocycles. The van der Waals surface area contributed by atoms with Crippen LogP contribution in [0.25, 0.3) is 0 Å². The third-order valence-corrected chi connectivity index (χ3v) is 7.23. The summed E-state index contributed by atoms with van der Waals surface area (Å²) in [6, 6.07) is 24.6. The average molecular weight is 436 g/mol. The van der Waals surface area contributed by atoms with Gasteiger partial charge in [-0.2, -0.15) is 0 Å². The predicted molar refractivity (Wildman–Crippen MR) is 132 cm³/mol. The summed E-state index contributed by atoms with van der Waals surface area (Å²) >= 11 is 0. The van der Waals surface area contributed by atoms with Crippen molar-refractivity contribution in [2.75, 3.05) is 4.90 Å². The van der Waals surface area contributed by atoms with Crippen LogP contribution >= 0.6 is 0 Å². The molecule has 0 bridgehead atoms. The van der Waals surface area contributed by atoms with Crippen molar-refractivity contribution < 1.29 is 9.59 Å². The van der Waals surface area contributed by atoms with Crippen LogP contribution in [0.2, 0.25) is 0 Å². The number of rotatable bonds is 3. The number of carbonyl (C=O) groups is 2. The van der Waals surface area contributed by atoms with Gasteiger partial charge in [-0.05, 0) is 67.5 Å². The van der Waals surface area contributed by atoms with Gasteiger partial charge in [0.1, 0.15) is 0 Å². The number of benzene rings is 3. The van der Waals surface area contributed by atoms with E-state index < -0.39 is 0 Å². The number of anilines is 1. The summed E-state index contributed by atoms with van der Waals surface area (Å²) in [6.45, 7) is 6.19. The normalized spacial score (nSPS) is 20.8. The number of carbonyl (C=O) groups excluding carboxylic acids is 2. The summed E-state index contributed by atoms with van der Waals surface area (Å²) in [5.74, 6) is 0.122. The highest BCUT2D eigenvalue weighted by molar-refractivity contribution is 6.08. The third kappa shape index (κ3) is 3.93. The largest absolute Gasteiger partial charge is 0.294 e. The van der Waals surface area contributed by atoms with Crippen LogP contribution in [-0.2, 0) is 9.59 Å². The Morgan fingerprint density at radius 1 is 0.727 bits per heavy atom. The lowest BCUT2D eigenvalue weighted by Crippen LogP contribution is -2.41. The zero-order valence-corrected chi connectivity index (χ0v) is 19.5. The first-order valence-corrected chi connectivity index (χ1v) is 11.7. The Morgan fingerprint density at radius 3 is 2.15 bits per heavy atom. The van der Waals surface area contributed by atoms with Crippen molar-refractivity contribution >= 4 is 17.4 Å². The Labute approximate surface area is 195 Å². The SMILES string of the molecule is Cc1ccc(C2CC(=O)N(c3ccc(C)c(C)c3)C3=C2C(=O)CC(c2ccccc2)C3)cc1. The van der Waals surface area contributed by atoms with Crippen LogP contribution in [0.15, 0.2) is 84.1 Å². The molecule has 3 aromatic rings. The lowest BCUT2D eigenvalue weighted by molar-refractivity contribution is -0.120. The summed E-state index contributed by atoms with van der Waals surface area (Å²) in [5.41, 5.74) is 8.27. The van der Waals surface area contributed by atoms with Crippen LogP contribution in [0.3, 0.4) is 0 Å². The lowest BCUT2D eigenvalue weighted by atomic mass is 9.72. The topological polar surface area (TPSA) is 37.4 Å². The molecular formula is C30H29NO2. The molecule has 3 nitrogen and oxygen atoms in total. The van der Waals surface area contributed by atoms with E-state index in [4.69, 9.17) is 0 Å². The van der Waals surface area contributed by atoms with Gasteiger partial charge in [-0.15, -0.1) is 0 Å². The first kappa shape index (κ1) is 21.4. The van der Waals surface area contributed by atoms with Crippen LogP contribution in [0.5, 0.6) is 0 Å². The second-order valence-corrected chi connectivity index (χ2v) is 9.46. The van der Waals surface area contributed by atoms with Crippen molar-refractivity contribution in [2.24, 2.45) is 0 Å². The van der Waals surface area contributed by atoms with E-state index in [0.29, 0.717) is 19.3 Å². The molecule has 2 unspecified atom stereocenters. The second kappa shape index (κ2) is 8.47. The molecule has 1 heterocycles. The number of Topliss-reactive ketones (excluding diaryl/α,β-unsaturated/α-hetero) is 1. The Bertz CT molecular complexity index is 1250. The fraction of sp³-hybridized carbons (Fsp3) is 0.267. The van der Waals surface area contributed by atoms with Crippen molar-refractivity contribution in [1.29, 1.82) is 0 Å². The van der Waals surface area contributed by atoms with Gasteiger partial charge < -0.3 is 0 Å². The minimum atomic E-state index is -0.180. The summed E-state index contributed by atoms with van der Waals surface area (Å²) in [7, 11) is 0. The Morgan fingerprint density at radius 2 is 1.45 bits per heavy atom. The van der Waals surface area contributed by atoms with Crippen molar-refractivity contribution in [3.63, 3.8) is 0 Å². The number of hydrogen-bond donors (Lipinski definition) is 0. The molecule has 1 aliphatic carbocycles. The van der Waals surface area contributed by atoms with Gasteiger partial charge in [0.25, 0.3) is 0 Å². The zero-order chi connectivity index (χ0) is 23.1. The molecule has 0 saturated heterocycles. The third-order valence-electron chi connectivity index (χ3n) is 7.23. The molecule has 0 fully saturated rings. The minimum absolute atomic E-state index is 0.0593. The highest BCUT2D eigenvalue weighted by Crippen LogP contribution is 2.47. The minimum Gasteiger partial charge on any atom is -0.294 e. The van der Waals surface area contributed by atoms with Crippen molar-refractivity contribution in [3.8, 4) is 0 Å². The molecule has 0 radical (unpaired) electrons.